The number of fused-ring (bicyclic) bond motifs is 1. The Balaban J connectivity index is 1.74. The van der Waals surface area contributed by atoms with Crippen LogP contribution in [0.5, 0.6) is 0 Å². The summed E-state index contributed by atoms with van der Waals surface area (Å²) in [7, 11) is 0. The fourth-order valence-electron chi connectivity index (χ4n) is 3.72. The summed E-state index contributed by atoms with van der Waals surface area (Å²) in [6.45, 7) is 4.44. The minimum absolute atomic E-state index is 0.286. The molecule has 1 aromatic carbocycles. The molecule has 1 amide bonds. The second kappa shape index (κ2) is 7.23. The van der Waals surface area contributed by atoms with E-state index in [0.29, 0.717) is 38.3 Å². The van der Waals surface area contributed by atoms with Gasteiger partial charge in [-0.25, -0.2) is 4.79 Å². The molecule has 0 N–H and O–H groups in total. The quantitative estimate of drug-likeness (QED) is 0.831. The van der Waals surface area contributed by atoms with Crippen LogP contribution < -0.4 is 0 Å². The number of benzene rings is 1. The van der Waals surface area contributed by atoms with Crippen LogP contribution in [-0.4, -0.2) is 48.7 Å². The number of rotatable bonds is 3. The lowest BCUT2D eigenvalue weighted by Crippen LogP contribution is -2.48. The highest BCUT2D eigenvalue weighted by Crippen LogP contribution is 2.38. The molecular formula is C18H23F3N2O2. The van der Waals surface area contributed by atoms with Crippen LogP contribution in [0.25, 0.3) is 0 Å². The lowest BCUT2D eigenvalue weighted by atomic mass is 9.96. The summed E-state index contributed by atoms with van der Waals surface area (Å²) in [5.41, 5.74) is 1.84. The van der Waals surface area contributed by atoms with Gasteiger partial charge in [-0.1, -0.05) is 6.07 Å². The summed E-state index contributed by atoms with van der Waals surface area (Å²) >= 11 is 0. The second-order valence-electron chi connectivity index (χ2n) is 6.54. The molecule has 7 heteroatoms. The molecule has 0 unspecified atom stereocenters. The molecule has 0 spiro atoms. The lowest BCUT2D eigenvalue weighted by molar-refractivity contribution is -0.138. The van der Waals surface area contributed by atoms with E-state index in [2.05, 4.69) is 0 Å². The fraction of sp³-hybridized carbons (Fsp3) is 0.611. The Morgan fingerprint density at radius 2 is 1.88 bits per heavy atom. The summed E-state index contributed by atoms with van der Waals surface area (Å²) in [5, 5.41) is 0. The summed E-state index contributed by atoms with van der Waals surface area (Å²) in [6, 6.07) is 2.86. The first-order valence-corrected chi connectivity index (χ1v) is 8.75. The van der Waals surface area contributed by atoms with Crippen molar-refractivity contribution >= 4 is 6.09 Å². The second-order valence-corrected chi connectivity index (χ2v) is 6.54. The maximum Gasteiger partial charge on any atom is 0.416 e. The zero-order chi connectivity index (χ0) is 18.0. The van der Waals surface area contributed by atoms with E-state index in [1.54, 1.807) is 17.9 Å². The van der Waals surface area contributed by atoms with Crippen LogP contribution in [0.15, 0.2) is 12.1 Å². The molecule has 1 aliphatic heterocycles. The molecule has 0 saturated carbocycles. The van der Waals surface area contributed by atoms with E-state index in [4.69, 9.17) is 4.74 Å². The van der Waals surface area contributed by atoms with Crippen LogP contribution in [-0.2, 0) is 30.3 Å². The number of ether oxygens (including phenoxy) is 1. The summed E-state index contributed by atoms with van der Waals surface area (Å²) in [4.78, 5) is 15.3. The van der Waals surface area contributed by atoms with Gasteiger partial charge in [-0.15, -0.1) is 0 Å². The Bertz CT molecular complexity index is 638. The predicted molar refractivity (Wildman–Crippen MR) is 87.3 cm³/mol. The molecule has 0 radical (unpaired) electrons. The highest BCUT2D eigenvalue weighted by Gasteiger charge is 2.36. The van der Waals surface area contributed by atoms with Crippen molar-refractivity contribution in [1.82, 2.24) is 9.80 Å². The molecule has 138 valence electrons. The van der Waals surface area contributed by atoms with Crippen molar-refractivity contribution in [2.24, 2.45) is 0 Å². The third-order valence-electron chi connectivity index (χ3n) is 4.99. The van der Waals surface area contributed by atoms with Gasteiger partial charge in [-0.05, 0) is 48.9 Å². The molecule has 1 aromatic rings. The van der Waals surface area contributed by atoms with Gasteiger partial charge in [0.1, 0.15) is 0 Å². The smallest absolute Gasteiger partial charge is 0.416 e. The molecule has 1 fully saturated rings. The highest BCUT2D eigenvalue weighted by molar-refractivity contribution is 5.67. The first-order valence-electron chi connectivity index (χ1n) is 8.75. The Morgan fingerprint density at radius 1 is 1.16 bits per heavy atom. The summed E-state index contributed by atoms with van der Waals surface area (Å²) in [5.74, 6) is 0. The van der Waals surface area contributed by atoms with Gasteiger partial charge in [0.25, 0.3) is 0 Å². The Hall–Kier alpha value is -1.76. The average Bonchev–Trinajstić information content (AvgIpc) is 3.04. The maximum atomic E-state index is 13.4. The summed E-state index contributed by atoms with van der Waals surface area (Å²) in [6.07, 6.45) is -2.19. The Labute approximate surface area is 145 Å². The number of hydrogen-bond donors (Lipinski definition) is 0. The summed E-state index contributed by atoms with van der Waals surface area (Å²) < 4.78 is 45.3. The Kier molecular flexibility index (Phi) is 5.22. The van der Waals surface area contributed by atoms with Crippen LogP contribution in [0.3, 0.4) is 0 Å². The molecule has 1 aliphatic carbocycles. The molecule has 3 rings (SSSR count). The Morgan fingerprint density at radius 3 is 2.52 bits per heavy atom. The largest absolute Gasteiger partial charge is 0.450 e. The van der Waals surface area contributed by atoms with Crippen LogP contribution >= 0.6 is 0 Å². The van der Waals surface area contributed by atoms with E-state index in [1.165, 1.54) is 6.07 Å². The van der Waals surface area contributed by atoms with Gasteiger partial charge in [-0.3, -0.25) is 4.90 Å². The third kappa shape index (κ3) is 3.92. The minimum atomic E-state index is -4.33. The first kappa shape index (κ1) is 18.0. The van der Waals surface area contributed by atoms with E-state index in [0.717, 1.165) is 30.4 Å². The molecular weight excluding hydrogens is 333 g/mol. The van der Waals surface area contributed by atoms with Crippen LogP contribution in [0.1, 0.15) is 35.6 Å². The zero-order valence-corrected chi connectivity index (χ0v) is 14.4. The van der Waals surface area contributed by atoms with E-state index < -0.39 is 11.7 Å². The molecule has 0 bridgehead atoms. The number of carbonyl (C=O) groups excluding carboxylic acids is 1. The lowest BCUT2D eigenvalue weighted by Gasteiger charge is -2.34. The van der Waals surface area contributed by atoms with Crippen LogP contribution in [0, 0.1) is 0 Å². The number of alkyl halides is 3. The van der Waals surface area contributed by atoms with Crippen LogP contribution in [0.2, 0.25) is 0 Å². The first-order chi connectivity index (χ1) is 11.9. The monoisotopic (exact) mass is 356 g/mol. The van der Waals surface area contributed by atoms with Crippen molar-refractivity contribution in [3.63, 3.8) is 0 Å². The molecule has 4 nitrogen and oxygen atoms in total. The standard InChI is InChI=1S/C18H23F3N2O2/c1-2-25-17(24)23-10-8-22(9-11-23)12-15-14-5-3-4-13(14)6-7-16(15)18(19,20)21/h6-7H,2-5,8-12H2,1H3. The zero-order valence-electron chi connectivity index (χ0n) is 14.4. The molecule has 1 heterocycles. The maximum absolute atomic E-state index is 13.4. The van der Waals surface area contributed by atoms with Gasteiger partial charge in [0, 0.05) is 32.7 Å². The van der Waals surface area contributed by atoms with Crippen molar-refractivity contribution in [2.45, 2.75) is 38.9 Å². The molecule has 1 saturated heterocycles. The van der Waals surface area contributed by atoms with Crippen molar-refractivity contribution in [2.75, 3.05) is 32.8 Å². The van der Waals surface area contributed by atoms with Gasteiger partial charge >= 0.3 is 12.3 Å². The average molecular weight is 356 g/mol. The normalized spacial score (nSPS) is 18.3. The van der Waals surface area contributed by atoms with Gasteiger partial charge in [0.2, 0.25) is 0 Å². The molecule has 0 atom stereocenters. The van der Waals surface area contributed by atoms with Crippen molar-refractivity contribution in [1.29, 1.82) is 0 Å². The van der Waals surface area contributed by atoms with Crippen LogP contribution in [0.4, 0.5) is 18.0 Å². The molecule has 2 aliphatic rings. The van der Waals surface area contributed by atoms with Crippen molar-refractivity contribution in [3.05, 3.63) is 34.4 Å². The van der Waals surface area contributed by atoms with Gasteiger partial charge in [0.15, 0.2) is 0 Å². The number of hydrogen-bond acceptors (Lipinski definition) is 3. The highest BCUT2D eigenvalue weighted by atomic mass is 19.4. The fourth-order valence-corrected chi connectivity index (χ4v) is 3.72. The molecule has 25 heavy (non-hydrogen) atoms. The predicted octanol–water partition coefficient (Wildman–Crippen LogP) is 3.47. The van der Waals surface area contributed by atoms with Crippen molar-refractivity contribution < 1.29 is 22.7 Å². The number of amides is 1. The van der Waals surface area contributed by atoms with E-state index in [-0.39, 0.29) is 12.6 Å². The van der Waals surface area contributed by atoms with Crippen molar-refractivity contribution in [3.8, 4) is 0 Å². The number of aryl methyl sites for hydroxylation is 1. The number of halogens is 3. The SMILES string of the molecule is CCOC(=O)N1CCN(Cc2c(C(F)(F)F)ccc3c2CCC3)CC1. The van der Waals surface area contributed by atoms with Gasteiger partial charge in [-0.2, -0.15) is 13.2 Å². The topological polar surface area (TPSA) is 32.8 Å². The number of nitrogens with zero attached hydrogens (tertiary/aromatic N) is 2. The van der Waals surface area contributed by atoms with E-state index in [9.17, 15) is 18.0 Å². The van der Waals surface area contributed by atoms with Gasteiger partial charge < -0.3 is 9.64 Å². The molecule has 0 aromatic heterocycles. The van der Waals surface area contributed by atoms with Gasteiger partial charge in [0.05, 0.1) is 12.2 Å². The number of carbonyl (C=O) groups is 1. The van der Waals surface area contributed by atoms with E-state index >= 15 is 0 Å². The van der Waals surface area contributed by atoms with E-state index in [1.807, 2.05) is 4.90 Å². The number of piperazine rings is 1. The third-order valence-corrected chi connectivity index (χ3v) is 4.99. The minimum Gasteiger partial charge on any atom is -0.450 e.